The molecule has 0 spiro atoms. The lowest BCUT2D eigenvalue weighted by Gasteiger charge is -2.08. The smallest absolute Gasteiger partial charge is 0.127 e. The maximum atomic E-state index is 5.78. The molecule has 1 N–H and O–H groups in total. The van der Waals surface area contributed by atoms with Crippen molar-refractivity contribution in [3.05, 3.63) is 54.1 Å². The molecule has 0 heterocycles. The molecule has 4 nitrogen and oxygen atoms in total. The molecule has 0 saturated heterocycles. The van der Waals surface area contributed by atoms with E-state index in [9.17, 15) is 0 Å². The first-order valence-corrected chi connectivity index (χ1v) is 6.92. The SMILES string of the molecule is COCCNCc1ccc(Oc2ccc(OC)cc2)cc1. The van der Waals surface area contributed by atoms with E-state index in [1.54, 1.807) is 14.2 Å². The van der Waals surface area contributed by atoms with Gasteiger partial charge in [0.2, 0.25) is 0 Å². The van der Waals surface area contributed by atoms with E-state index >= 15 is 0 Å². The lowest BCUT2D eigenvalue weighted by atomic mass is 10.2. The van der Waals surface area contributed by atoms with Crippen molar-refractivity contribution in [3.63, 3.8) is 0 Å². The van der Waals surface area contributed by atoms with Crippen LogP contribution >= 0.6 is 0 Å². The van der Waals surface area contributed by atoms with Crippen LogP contribution in [0.25, 0.3) is 0 Å². The van der Waals surface area contributed by atoms with Crippen LogP contribution in [0.2, 0.25) is 0 Å². The van der Waals surface area contributed by atoms with E-state index in [0.29, 0.717) is 0 Å². The molecule has 0 bridgehead atoms. The Morgan fingerprint density at radius 3 is 1.95 bits per heavy atom. The summed E-state index contributed by atoms with van der Waals surface area (Å²) in [7, 11) is 3.35. The first-order chi connectivity index (χ1) is 10.3. The van der Waals surface area contributed by atoms with Gasteiger partial charge in [-0.25, -0.2) is 0 Å². The molecule has 0 amide bonds. The molecule has 0 aliphatic heterocycles. The van der Waals surface area contributed by atoms with E-state index in [2.05, 4.69) is 17.4 Å². The Morgan fingerprint density at radius 2 is 1.38 bits per heavy atom. The van der Waals surface area contributed by atoms with Gasteiger partial charge in [0.1, 0.15) is 17.2 Å². The monoisotopic (exact) mass is 287 g/mol. The van der Waals surface area contributed by atoms with Gasteiger partial charge in [-0.2, -0.15) is 0 Å². The van der Waals surface area contributed by atoms with Crippen LogP contribution in [0.15, 0.2) is 48.5 Å². The minimum atomic E-state index is 0.721. The van der Waals surface area contributed by atoms with Crippen molar-refractivity contribution in [2.24, 2.45) is 0 Å². The van der Waals surface area contributed by atoms with Crippen LogP contribution in [0.5, 0.6) is 17.2 Å². The number of nitrogens with one attached hydrogen (secondary N) is 1. The van der Waals surface area contributed by atoms with Gasteiger partial charge in [-0.1, -0.05) is 12.1 Å². The number of benzene rings is 2. The Kier molecular flexibility index (Phi) is 6.06. The lowest BCUT2D eigenvalue weighted by molar-refractivity contribution is 0.199. The lowest BCUT2D eigenvalue weighted by Crippen LogP contribution is -2.18. The van der Waals surface area contributed by atoms with E-state index in [-0.39, 0.29) is 0 Å². The van der Waals surface area contributed by atoms with Gasteiger partial charge in [0.15, 0.2) is 0 Å². The van der Waals surface area contributed by atoms with Crippen LogP contribution in [0, 0.1) is 0 Å². The van der Waals surface area contributed by atoms with E-state index in [1.807, 2.05) is 36.4 Å². The van der Waals surface area contributed by atoms with E-state index in [0.717, 1.165) is 36.9 Å². The highest BCUT2D eigenvalue weighted by Gasteiger charge is 1.99. The molecule has 2 aromatic rings. The predicted octanol–water partition coefficient (Wildman–Crippen LogP) is 3.22. The van der Waals surface area contributed by atoms with Gasteiger partial charge in [-0.15, -0.1) is 0 Å². The molecule has 0 aliphatic rings. The summed E-state index contributed by atoms with van der Waals surface area (Å²) in [4.78, 5) is 0. The molecule has 0 radical (unpaired) electrons. The van der Waals surface area contributed by atoms with Crippen molar-refractivity contribution in [1.29, 1.82) is 0 Å². The third-order valence-electron chi connectivity index (χ3n) is 3.03. The summed E-state index contributed by atoms with van der Waals surface area (Å²) in [5.74, 6) is 2.43. The summed E-state index contributed by atoms with van der Waals surface area (Å²) in [6.45, 7) is 2.39. The number of ether oxygens (including phenoxy) is 3. The van der Waals surface area contributed by atoms with Gasteiger partial charge >= 0.3 is 0 Å². The highest BCUT2D eigenvalue weighted by Crippen LogP contribution is 2.23. The quantitative estimate of drug-likeness (QED) is 0.757. The molecule has 0 saturated carbocycles. The average Bonchev–Trinajstić information content (AvgIpc) is 2.54. The van der Waals surface area contributed by atoms with Gasteiger partial charge in [-0.05, 0) is 42.0 Å². The topological polar surface area (TPSA) is 39.7 Å². The highest BCUT2D eigenvalue weighted by atomic mass is 16.5. The Bertz CT molecular complexity index is 523. The zero-order valence-electron chi connectivity index (χ0n) is 12.5. The summed E-state index contributed by atoms with van der Waals surface area (Å²) in [5.41, 5.74) is 1.22. The number of hydrogen-bond acceptors (Lipinski definition) is 4. The van der Waals surface area contributed by atoms with Crippen LogP contribution in [-0.2, 0) is 11.3 Å². The van der Waals surface area contributed by atoms with E-state index in [4.69, 9.17) is 14.2 Å². The van der Waals surface area contributed by atoms with Gasteiger partial charge in [-0.3, -0.25) is 0 Å². The largest absolute Gasteiger partial charge is 0.497 e. The molecule has 0 unspecified atom stereocenters. The predicted molar refractivity (Wildman–Crippen MR) is 83.1 cm³/mol. The molecule has 112 valence electrons. The standard InChI is InChI=1S/C17H21NO3/c1-19-12-11-18-13-14-3-5-16(6-4-14)21-17-9-7-15(20-2)8-10-17/h3-10,18H,11-13H2,1-2H3. The van der Waals surface area contributed by atoms with Crippen molar-refractivity contribution in [1.82, 2.24) is 5.32 Å². The molecule has 0 atom stereocenters. The summed E-state index contributed by atoms with van der Waals surface area (Å²) < 4.78 is 15.9. The minimum absolute atomic E-state index is 0.721. The third-order valence-corrected chi connectivity index (χ3v) is 3.03. The van der Waals surface area contributed by atoms with Gasteiger partial charge in [0.05, 0.1) is 13.7 Å². The Morgan fingerprint density at radius 1 is 0.810 bits per heavy atom. The molecule has 4 heteroatoms. The van der Waals surface area contributed by atoms with Crippen molar-refractivity contribution in [3.8, 4) is 17.2 Å². The third kappa shape index (κ3) is 5.10. The molecule has 0 aliphatic carbocycles. The number of hydrogen-bond donors (Lipinski definition) is 1. The van der Waals surface area contributed by atoms with Gasteiger partial charge < -0.3 is 19.5 Å². The molecule has 21 heavy (non-hydrogen) atoms. The van der Waals surface area contributed by atoms with Crippen molar-refractivity contribution < 1.29 is 14.2 Å². The van der Waals surface area contributed by atoms with Crippen LogP contribution in [-0.4, -0.2) is 27.4 Å². The maximum absolute atomic E-state index is 5.78. The Hall–Kier alpha value is -2.04. The molecule has 0 fully saturated rings. The Balaban J connectivity index is 1.86. The zero-order chi connectivity index (χ0) is 14.9. The summed E-state index contributed by atoms with van der Waals surface area (Å²) in [6.07, 6.45) is 0. The molecule has 0 aromatic heterocycles. The fraction of sp³-hybridized carbons (Fsp3) is 0.294. The second-order valence-corrected chi connectivity index (χ2v) is 4.59. The van der Waals surface area contributed by atoms with Crippen LogP contribution in [0.4, 0.5) is 0 Å². The van der Waals surface area contributed by atoms with Crippen LogP contribution in [0.3, 0.4) is 0 Å². The van der Waals surface area contributed by atoms with Gasteiger partial charge in [0.25, 0.3) is 0 Å². The summed E-state index contributed by atoms with van der Waals surface area (Å²) in [6, 6.07) is 15.6. The first-order valence-electron chi connectivity index (χ1n) is 6.92. The van der Waals surface area contributed by atoms with E-state index < -0.39 is 0 Å². The maximum Gasteiger partial charge on any atom is 0.127 e. The summed E-state index contributed by atoms with van der Waals surface area (Å²) >= 11 is 0. The first kappa shape index (κ1) is 15.4. The van der Waals surface area contributed by atoms with Crippen LogP contribution in [0.1, 0.15) is 5.56 Å². The second-order valence-electron chi connectivity index (χ2n) is 4.59. The van der Waals surface area contributed by atoms with E-state index in [1.165, 1.54) is 5.56 Å². The highest BCUT2D eigenvalue weighted by molar-refractivity contribution is 5.36. The second kappa shape index (κ2) is 8.29. The number of rotatable bonds is 8. The fourth-order valence-corrected chi connectivity index (χ4v) is 1.86. The summed E-state index contributed by atoms with van der Waals surface area (Å²) in [5, 5.41) is 3.30. The van der Waals surface area contributed by atoms with Crippen molar-refractivity contribution in [2.45, 2.75) is 6.54 Å². The fourth-order valence-electron chi connectivity index (χ4n) is 1.86. The molecular formula is C17H21NO3. The van der Waals surface area contributed by atoms with Gasteiger partial charge in [0, 0.05) is 20.2 Å². The van der Waals surface area contributed by atoms with Crippen LogP contribution < -0.4 is 14.8 Å². The average molecular weight is 287 g/mol. The van der Waals surface area contributed by atoms with Crippen molar-refractivity contribution in [2.75, 3.05) is 27.4 Å². The normalized spacial score (nSPS) is 10.4. The Labute approximate surface area is 125 Å². The zero-order valence-corrected chi connectivity index (χ0v) is 12.5. The van der Waals surface area contributed by atoms with Crippen molar-refractivity contribution >= 4 is 0 Å². The molecule has 2 rings (SSSR count). The molecular weight excluding hydrogens is 266 g/mol. The number of methoxy groups -OCH3 is 2. The minimum Gasteiger partial charge on any atom is -0.497 e. The molecule has 2 aromatic carbocycles.